The molecule has 0 aliphatic heterocycles. The highest BCUT2D eigenvalue weighted by molar-refractivity contribution is 9.10. The molecule has 1 N–H and O–H groups in total. The van der Waals surface area contributed by atoms with E-state index in [2.05, 4.69) is 42.4 Å². The highest BCUT2D eigenvalue weighted by Crippen LogP contribution is 2.11. The van der Waals surface area contributed by atoms with Gasteiger partial charge in [-0.2, -0.15) is 5.10 Å². The fourth-order valence-electron chi connectivity index (χ4n) is 1.45. The molecule has 0 aromatic heterocycles. The Balaban J connectivity index is 2.01. The largest absolute Gasteiger partial charge is 0.271 e. The Bertz CT molecular complexity index is 626. The van der Waals surface area contributed by atoms with Crippen molar-refractivity contribution in [3.63, 3.8) is 0 Å². The van der Waals surface area contributed by atoms with E-state index < -0.39 is 0 Å². The lowest BCUT2D eigenvalue weighted by Crippen LogP contribution is -2.17. The number of benzene rings is 2. The van der Waals surface area contributed by atoms with Crippen LogP contribution in [0.2, 0.25) is 0 Å². The molecule has 1 amide bonds. The standard InChI is InChI=1S/C14H10Br2N2O/c15-12-5-1-3-10(7-12)9-17-18-14(19)11-4-2-6-13(16)8-11/h1-9H,(H,18,19)/b17-9+. The zero-order valence-electron chi connectivity index (χ0n) is 9.81. The minimum absolute atomic E-state index is 0.243. The average molecular weight is 382 g/mol. The number of hydrogen-bond acceptors (Lipinski definition) is 2. The second-order valence-corrected chi connectivity index (χ2v) is 5.60. The molecule has 0 heterocycles. The van der Waals surface area contributed by atoms with E-state index in [1.165, 1.54) is 0 Å². The quantitative estimate of drug-likeness (QED) is 0.634. The Kier molecular flexibility index (Phi) is 4.87. The maximum absolute atomic E-state index is 11.8. The van der Waals surface area contributed by atoms with Crippen LogP contribution in [0.1, 0.15) is 15.9 Å². The molecule has 0 spiro atoms. The summed E-state index contributed by atoms with van der Waals surface area (Å²) in [4.78, 5) is 11.8. The summed E-state index contributed by atoms with van der Waals surface area (Å²) in [5, 5.41) is 3.93. The molecule has 2 rings (SSSR count). The maximum Gasteiger partial charge on any atom is 0.271 e. The van der Waals surface area contributed by atoms with Crippen LogP contribution in [-0.4, -0.2) is 12.1 Å². The molecule has 0 aliphatic rings. The number of nitrogens with zero attached hydrogens (tertiary/aromatic N) is 1. The predicted octanol–water partition coefficient (Wildman–Crippen LogP) is 3.98. The van der Waals surface area contributed by atoms with Crippen molar-refractivity contribution in [2.75, 3.05) is 0 Å². The number of rotatable bonds is 3. The summed E-state index contributed by atoms with van der Waals surface area (Å²) in [6, 6.07) is 14.8. The molecule has 0 bridgehead atoms. The first-order chi connectivity index (χ1) is 9.15. The van der Waals surface area contributed by atoms with Crippen LogP contribution < -0.4 is 5.43 Å². The molecular formula is C14H10Br2N2O. The van der Waals surface area contributed by atoms with Gasteiger partial charge in [0.25, 0.3) is 5.91 Å². The van der Waals surface area contributed by atoms with Crippen LogP contribution in [0.25, 0.3) is 0 Å². The van der Waals surface area contributed by atoms with Gasteiger partial charge in [-0.05, 0) is 35.9 Å². The summed E-state index contributed by atoms with van der Waals surface area (Å²) in [5.41, 5.74) is 3.95. The third-order valence-electron chi connectivity index (χ3n) is 2.32. The van der Waals surface area contributed by atoms with Gasteiger partial charge in [0.1, 0.15) is 0 Å². The second kappa shape index (κ2) is 6.63. The molecule has 0 saturated carbocycles. The van der Waals surface area contributed by atoms with Crippen molar-refractivity contribution in [3.05, 3.63) is 68.6 Å². The van der Waals surface area contributed by atoms with Gasteiger partial charge in [0.05, 0.1) is 6.21 Å². The van der Waals surface area contributed by atoms with Crippen molar-refractivity contribution in [1.29, 1.82) is 0 Å². The van der Waals surface area contributed by atoms with Crippen LogP contribution in [0.15, 0.2) is 62.6 Å². The van der Waals surface area contributed by atoms with E-state index in [1.54, 1.807) is 24.4 Å². The van der Waals surface area contributed by atoms with Crippen molar-refractivity contribution in [2.24, 2.45) is 5.10 Å². The minimum atomic E-state index is -0.243. The molecular weight excluding hydrogens is 372 g/mol. The van der Waals surface area contributed by atoms with E-state index in [1.807, 2.05) is 30.3 Å². The predicted molar refractivity (Wildman–Crippen MR) is 83.3 cm³/mol. The van der Waals surface area contributed by atoms with Gasteiger partial charge in [0.15, 0.2) is 0 Å². The van der Waals surface area contributed by atoms with E-state index in [0.29, 0.717) is 5.56 Å². The van der Waals surface area contributed by atoms with Crippen molar-refractivity contribution < 1.29 is 4.79 Å². The lowest BCUT2D eigenvalue weighted by Gasteiger charge is -2.00. The molecule has 2 aromatic carbocycles. The molecule has 0 fully saturated rings. The first-order valence-electron chi connectivity index (χ1n) is 5.50. The van der Waals surface area contributed by atoms with Crippen LogP contribution in [0, 0.1) is 0 Å². The van der Waals surface area contributed by atoms with Crippen LogP contribution in [0.3, 0.4) is 0 Å². The smallest absolute Gasteiger partial charge is 0.267 e. The lowest BCUT2D eigenvalue weighted by atomic mass is 10.2. The number of halogens is 2. The highest BCUT2D eigenvalue weighted by Gasteiger charge is 2.03. The van der Waals surface area contributed by atoms with Crippen LogP contribution in [0.4, 0.5) is 0 Å². The molecule has 3 nitrogen and oxygen atoms in total. The van der Waals surface area contributed by atoms with Gasteiger partial charge in [-0.3, -0.25) is 4.79 Å². The third-order valence-corrected chi connectivity index (χ3v) is 3.30. The molecule has 0 unspecified atom stereocenters. The first-order valence-corrected chi connectivity index (χ1v) is 7.08. The van der Waals surface area contributed by atoms with Gasteiger partial charge in [0.2, 0.25) is 0 Å². The summed E-state index contributed by atoms with van der Waals surface area (Å²) < 4.78 is 1.82. The van der Waals surface area contributed by atoms with Crippen molar-refractivity contribution in [2.45, 2.75) is 0 Å². The number of amides is 1. The third kappa shape index (κ3) is 4.29. The SMILES string of the molecule is O=C(N/N=C/c1cccc(Br)c1)c1cccc(Br)c1. The van der Waals surface area contributed by atoms with Gasteiger partial charge in [-0.15, -0.1) is 0 Å². The number of carbonyl (C=O) groups is 1. The number of carbonyl (C=O) groups excluding carboxylic acids is 1. The highest BCUT2D eigenvalue weighted by atomic mass is 79.9. The number of hydrazone groups is 1. The van der Waals surface area contributed by atoms with E-state index in [-0.39, 0.29) is 5.91 Å². The molecule has 5 heteroatoms. The first kappa shape index (κ1) is 14.0. The van der Waals surface area contributed by atoms with Crippen LogP contribution in [0.5, 0.6) is 0 Å². The normalized spacial score (nSPS) is 10.6. The van der Waals surface area contributed by atoms with E-state index in [4.69, 9.17) is 0 Å². The summed E-state index contributed by atoms with van der Waals surface area (Å²) in [6.07, 6.45) is 1.60. The molecule has 0 atom stereocenters. The lowest BCUT2D eigenvalue weighted by molar-refractivity contribution is 0.0955. The van der Waals surface area contributed by atoms with Gasteiger partial charge < -0.3 is 0 Å². The molecule has 19 heavy (non-hydrogen) atoms. The number of nitrogens with one attached hydrogen (secondary N) is 1. The van der Waals surface area contributed by atoms with E-state index >= 15 is 0 Å². The fourth-order valence-corrected chi connectivity index (χ4v) is 2.26. The Morgan fingerprint density at radius 1 is 1.05 bits per heavy atom. The monoisotopic (exact) mass is 380 g/mol. The topological polar surface area (TPSA) is 41.5 Å². The van der Waals surface area contributed by atoms with Gasteiger partial charge in [-0.1, -0.05) is 50.1 Å². The van der Waals surface area contributed by atoms with Crippen molar-refractivity contribution in [1.82, 2.24) is 5.43 Å². The summed E-state index contributed by atoms with van der Waals surface area (Å²) >= 11 is 6.69. The van der Waals surface area contributed by atoms with Gasteiger partial charge in [0, 0.05) is 14.5 Å². The Labute approximate surface area is 128 Å². The van der Waals surface area contributed by atoms with E-state index in [0.717, 1.165) is 14.5 Å². The Morgan fingerprint density at radius 2 is 1.74 bits per heavy atom. The molecule has 2 aromatic rings. The molecule has 96 valence electrons. The fraction of sp³-hybridized carbons (Fsp3) is 0. The molecule has 0 saturated heterocycles. The van der Waals surface area contributed by atoms with E-state index in [9.17, 15) is 4.79 Å². The second-order valence-electron chi connectivity index (χ2n) is 3.76. The zero-order valence-corrected chi connectivity index (χ0v) is 13.0. The van der Waals surface area contributed by atoms with Crippen LogP contribution in [-0.2, 0) is 0 Å². The summed E-state index contributed by atoms with van der Waals surface area (Å²) in [6.45, 7) is 0. The van der Waals surface area contributed by atoms with Crippen molar-refractivity contribution >= 4 is 44.0 Å². The minimum Gasteiger partial charge on any atom is -0.267 e. The Hall–Kier alpha value is -1.46. The molecule has 0 aliphatic carbocycles. The maximum atomic E-state index is 11.8. The van der Waals surface area contributed by atoms with Gasteiger partial charge in [-0.25, -0.2) is 5.43 Å². The summed E-state index contributed by atoms with van der Waals surface area (Å²) in [5.74, 6) is -0.243. The van der Waals surface area contributed by atoms with Crippen LogP contribution >= 0.6 is 31.9 Å². The van der Waals surface area contributed by atoms with Crippen molar-refractivity contribution in [3.8, 4) is 0 Å². The Morgan fingerprint density at radius 3 is 2.42 bits per heavy atom. The zero-order chi connectivity index (χ0) is 13.7. The average Bonchev–Trinajstić information content (AvgIpc) is 2.38. The number of hydrogen-bond donors (Lipinski definition) is 1. The molecule has 0 radical (unpaired) electrons. The van der Waals surface area contributed by atoms with Gasteiger partial charge >= 0.3 is 0 Å². The summed E-state index contributed by atoms with van der Waals surface area (Å²) in [7, 11) is 0.